The van der Waals surface area contributed by atoms with Crippen LogP contribution in [0.2, 0.25) is 0 Å². The zero-order chi connectivity index (χ0) is 21.7. The Kier molecular flexibility index (Phi) is 6.26. The summed E-state index contributed by atoms with van der Waals surface area (Å²) < 4.78 is 5.64. The highest BCUT2D eigenvalue weighted by atomic mass is 16.5. The van der Waals surface area contributed by atoms with E-state index >= 15 is 0 Å². The fourth-order valence-corrected chi connectivity index (χ4v) is 3.26. The highest BCUT2D eigenvalue weighted by Crippen LogP contribution is 2.29. The second-order valence-electron chi connectivity index (χ2n) is 7.75. The maximum atomic E-state index is 12.8. The molecule has 0 spiro atoms. The van der Waals surface area contributed by atoms with Crippen molar-refractivity contribution in [3.8, 4) is 5.75 Å². The van der Waals surface area contributed by atoms with Crippen molar-refractivity contribution in [2.45, 2.75) is 32.7 Å². The van der Waals surface area contributed by atoms with Gasteiger partial charge in [0.1, 0.15) is 23.7 Å². The lowest BCUT2D eigenvalue weighted by atomic mass is 9.91. The van der Waals surface area contributed by atoms with Crippen LogP contribution < -0.4 is 15.4 Å². The molecule has 0 saturated heterocycles. The van der Waals surface area contributed by atoms with Gasteiger partial charge in [0, 0.05) is 18.2 Å². The number of ether oxygens (including phenoxy) is 1. The Labute approximate surface area is 176 Å². The van der Waals surface area contributed by atoms with Crippen molar-refractivity contribution >= 4 is 17.5 Å². The van der Waals surface area contributed by atoms with E-state index in [1.165, 1.54) is 0 Å². The molecule has 2 aromatic carbocycles. The van der Waals surface area contributed by atoms with Gasteiger partial charge in [0.2, 0.25) is 0 Å². The van der Waals surface area contributed by atoms with Crippen molar-refractivity contribution in [1.29, 1.82) is 0 Å². The molecule has 1 unspecified atom stereocenters. The van der Waals surface area contributed by atoms with Crippen LogP contribution in [0.1, 0.15) is 26.3 Å². The summed E-state index contributed by atoms with van der Waals surface area (Å²) in [7, 11) is 0. The fourth-order valence-electron chi connectivity index (χ4n) is 3.26. The predicted molar refractivity (Wildman–Crippen MR) is 116 cm³/mol. The van der Waals surface area contributed by atoms with Crippen LogP contribution in [0.5, 0.6) is 5.75 Å². The van der Waals surface area contributed by atoms with Gasteiger partial charge in [-0.3, -0.25) is 9.59 Å². The van der Waals surface area contributed by atoms with Crippen LogP contribution in [0.3, 0.4) is 0 Å². The molecule has 6 heteroatoms. The Morgan fingerprint density at radius 2 is 1.90 bits per heavy atom. The van der Waals surface area contributed by atoms with E-state index in [-0.39, 0.29) is 11.3 Å². The predicted octanol–water partition coefficient (Wildman–Crippen LogP) is 3.91. The van der Waals surface area contributed by atoms with E-state index in [4.69, 9.17) is 4.74 Å². The largest absolute Gasteiger partial charge is 0.509 e. The number of allylic oxidation sites excluding steroid dienone is 1. The first-order chi connectivity index (χ1) is 14.3. The van der Waals surface area contributed by atoms with Crippen LogP contribution in [0.15, 0.2) is 77.6 Å². The standard InChI is InChI=1S/C24H26N2O4/c1-16(2)12-13-30-19-11-7-10-18(14-19)25-22(28)20-21(27)24(3,26-23(20)29)15-17-8-5-4-6-9-17/h4-12,14,27H,13,15H2,1-3H3,(H,25,28)(H,26,29). The number of hydrogen-bond acceptors (Lipinski definition) is 4. The van der Waals surface area contributed by atoms with Gasteiger partial charge < -0.3 is 20.5 Å². The van der Waals surface area contributed by atoms with Gasteiger partial charge in [-0.2, -0.15) is 0 Å². The van der Waals surface area contributed by atoms with Crippen LogP contribution >= 0.6 is 0 Å². The summed E-state index contributed by atoms with van der Waals surface area (Å²) in [6.07, 6.45) is 2.32. The molecule has 0 saturated carbocycles. The molecule has 2 aromatic rings. The highest BCUT2D eigenvalue weighted by Gasteiger charge is 2.44. The second-order valence-corrected chi connectivity index (χ2v) is 7.75. The number of aliphatic hydroxyl groups excluding tert-OH is 1. The quantitative estimate of drug-likeness (QED) is 0.481. The Morgan fingerprint density at radius 1 is 1.17 bits per heavy atom. The first kappa shape index (κ1) is 21.2. The minimum atomic E-state index is -1.04. The summed E-state index contributed by atoms with van der Waals surface area (Å²) >= 11 is 0. The Hall–Kier alpha value is -3.54. The maximum Gasteiger partial charge on any atom is 0.264 e. The molecule has 156 valence electrons. The Bertz CT molecular complexity index is 1010. The van der Waals surface area contributed by atoms with Crippen LogP contribution in [-0.4, -0.2) is 29.1 Å². The number of benzene rings is 2. The van der Waals surface area contributed by atoms with E-state index in [0.29, 0.717) is 24.5 Å². The molecular formula is C24H26N2O4. The zero-order valence-electron chi connectivity index (χ0n) is 17.4. The van der Waals surface area contributed by atoms with Gasteiger partial charge in [-0.1, -0.05) is 42.0 Å². The molecule has 1 heterocycles. The molecular weight excluding hydrogens is 380 g/mol. The number of carbonyl (C=O) groups is 2. The van der Waals surface area contributed by atoms with E-state index in [0.717, 1.165) is 11.1 Å². The monoisotopic (exact) mass is 406 g/mol. The van der Waals surface area contributed by atoms with Gasteiger partial charge in [0.05, 0.1) is 5.54 Å². The van der Waals surface area contributed by atoms with Crippen LogP contribution in [0, 0.1) is 0 Å². The molecule has 1 atom stereocenters. The molecule has 0 bridgehead atoms. The number of hydrogen-bond donors (Lipinski definition) is 3. The molecule has 0 fully saturated rings. The van der Waals surface area contributed by atoms with Crippen molar-refractivity contribution in [2.24, 2.45) is 0 Å². The molecule has 6 nitrogen and oxygen atoms in total. The van der Waals surface area contributed by atoms with Gasteiger partial charge in [-0.15, -0.1) is 0 Å². The van der Waals surface area contributed by atoms with Crippen molar-refractivity contribution < 1.29 is 19.4 Å². The summed E-state index contributed by atoms with van der Waals surface area (Å²) in [5.74, 6) is -0.930. The van der Waals surface area contributed by atoms with Crippen LogP contribution in [-0.2, 0) is 16.0 Å². The summed E-state index contributed by atoms with van der Waals surface area (Å²) in [6, 6.07) is 16.4. The van der Waals surface area contributed by atoms with E-state index in [9.17, 15) is 14.7 Å². The molecule has 1 aliphatic heterocycles. The number of aliphatic hydroxyl groups is 1. The Balaban J connectivity index is 1.75. The Morgan fingerprint density at radius 3 is 2.60 bits per heavy atom. The molecule has 3 N–H and O–H groups in total. The SMILES string of the molecule is CC(C)=CCOc1cccc(NC(=O)C2=C(O)C(C)(Cc3ccccc3)NC2=O)c1. The highest BCUT2D eigenvalue weighted by molar-refractivity contribution is 6.25. The molecule has 0 aromatic heterocycles. The van der Waals surface area contributed by atoms with E-state index in [1.54, 1.807) is 31.2 Å². The number of anilines is 1. The summed E-state index contributed by atoms with van der Waals surface area (Å²) in [4.78, 5) is 25.2. The number of rotatable bonds is 7. The minimum Gasteiger partial charge on any atom is -0.509 e. The molecule has 0 aliphatic carbocycles. The van der Waals surface area contributed by atoms with Crippen molar-refractivity contribution in [2.75, 3.05) is 11.9 Å². The lowest BCUT2D eigenvalue weighted by molar-refractivity contribution is -0.121. The molecule has 30 heavy (non-hydrogen) atoms. The molecule has 0 radical (unpaired) electrons. The number of nitrogens with one attached hydrogen (secondary N) is 2. The maximum absolute atomic E-state index is 12.8. The van der Waals surface area contributed by atoms with Crippen molar-refractivity contribution in [3.05, 3.63) is 83.1 Å². The van der Waals surface area contributed by atoms with Crippen LogP contribution in [0.25, 0.3) is 0 Å². The second kappa shape index (κ2) is 8.86. The van der Waals surface area contributed by atoms with Crippen molar-refractivity contribution in [3.63, 3.8) is 0 Å². The molecule has 3 rings (SSSR count). The summed E-state index contributed by atoms with van der Waals surface area (Å²) in [6.45, 7) is 6.09. The fraction of sp³-hybridized carbons (Fsp3) is 0.250. The topological polar surface area (TPSA) is 87.7 Å². The van der Waals surface area contributed by atoms with Gasteiger partial charge in [-0.25, -0.2) is 0 Å². The van der Waals surface area contributed by atoms with E-state index in [1.807, 2.05) is 50.3 Å². The summed E-state index contributed by atoms with van der Waals surface area (Å²) in [5, 5.41) is 16.1. The van der Waals surface area contributed by atoms with E-state index in [2.05, 4.69) is 10.6 Å². The number of amides is 2. The third-order valence-corrected chi connectivity index (χ3v) is 4.84. The average molecular weight is 406 g/mol. The smallest absolute Gasteiger partial charge is 0.264 e. The molecule has 1 aliphatic rings. The average Bonchev–Trinajstić information content (AvgIpc) is 2.90. The van der Waals surface area contributed by atoms with Crippen LogP contribution in [0.4, 0.5) is 5.69 Å². The third-order valence-electron chi connectivity index (χ3n) is 4.84. The third kappa shape index (κ3) is 4.89. The molecule has 2 amide bonds. The van der Waals surface area contributed by atoms with Crippen molar-refractivity contribution in [1.82, 2.24) is 5.32 Å². The normalized spacial score (nSPS) is 18.0. The summed E-state index contributed by atoms with van der Waals surface area (Å²) in [5.41, 5.74) is 1.24. The lowest BCUT2D eigenvalue weighted by Crippen LogP contribution is -2.43. The first-order valence-corrected chi connectivity index (χ1v) is 9.76. The van der Waals surface area contributed by atoms with E-state index < -0.39 is 17.4 Å². The first-order valence-electron chi connectivity index (χ1n) is 9.76. The van der Waals surface area contributed by atoms with Gasteiger partial charge >= 0.3 is 0 Å². The zero-order valence-corrected chi connectivity index (χ0v) is 17.4. The lowest BCUT2D eigenvalue weighted by Gasteiger charge is -2.24. The van der Waals surface area contributed by atoms with Gasteiger partial charge in [0.25, 0.3) is 11.8 Å². The van der Waals surface area contributed by atoms with Gasteiger partial charge in [0.15, 0.2) is 0 Å². The minimum absolute atomic E-state index is 0.259. The number of carbonyl (C=O) groups excluding carboxylic acids is 2. The van der Waals surface area contributed by atoms with Gasteiger partial charge in [-0.05, 0) is 44.5 Å².